The number of rotatable bonds is 7. The van der Waals surface area contributed by atoms with Gasteiger partial charge in [-0.25, -0.2) is 0 Å². The lowest BCUT2D eigenvalue weighted by Gasteiger charge is -2.05. The fourth-order valence-electron chi connectivity index (χ4n) is 3.50. The maximum atomic E-state index is 12.6. The van der Waals surface area contributed by atoms with Gasteiger partial charge in [0, 0.05) is 40.6 Å². The molecule has 3 rings (SSSR count). The maximum absolute atomic E-state index is 12.6. The molecule has 0 atom stereocenters. The minimum absolute atomic E-state index is 0.138. The van der Waals surface area contributed by atoms with Crippen molar-refractivity contribution in [2.75, 3.05) is 11.9 Å². The summed E-state index contributed by atoms with van der Waals surface area (Å²) in [5.74, 6) is -0.335. The Balaban J connectivity index is 1.78. The quantitative estimate of drug-likeness (QED) is 0.459. The Kier molecular flexibility index (Phi) is 6.40. The fourth-order valence-corrected chi connectivity index (χ4v) is 3.68. The van der Waals surface area contributed by atoms with Gasteiger partial charge >= 0.3 is 0 Å². The van der Waals surface area contributed by atoms with Crippen LogP contribution in [-0.2, 0) is 4.79 Å². The van der Waals surface area contributed by atoms with Crippen molar-refractivity contribution in [2.45, 2.75) is 39.5 Å². The molecule has 0 saturated heterocycles. The number of anilines is 1. The molecule has 0 fully saturated rings. The zero-order valence-corrected chi connectivity index (χ0v) is 17.2. The van der Waals surface area contributed by atoms with Crippen molar-refractivity contribution in [3.05, 3.63) is 51.3 Å². The Morgan fingerprint density at radius 2 is 2.07 bits per heavy atom. The minimum Gasteiger partial charge on any atom is -0.358 e. The number of nitrogens with zero attached hydrogens (tertiary/aromatic N) is 1. The van der Waals surface area contributed by atoms with E-state index in [9.17, 15) is 9.59 Å². The SMILES string of the molecule is Cc1[nH]c(/C=C2\C(=O)Nc3ccc(Cl)cc32)c(C)c1C(=O)NCCCCCC#N. The largest absolute Gasteiger partial charge is 0.358 e. The smallest absolute Gasteiger partial charge is 0.256 e. The summed E-state index contributed by atoms with van der Waals surface area (Å²) in [5.41, 5.74) is 4.84. The third-order valence-electron chi connectivity index (χ3n) is 5.01. The molecule has 6 nitrogen and oxygen atoms in total. The number of aryl methyl sites for hydroxylation is 1. The highest BCUT2D eigenvalue weighted by atomic mass is 35.5. The molecule has 0 saturated carbocycles. The lowest BCUT2D eigenvalue weighted by Crippen LogP contribution is -2.25. The van der Waals surface area contributed by atoms with E-state index in [1.807, 2.05) is 13.8 Å². The molecular formula is C22H23ClN4O2. The summed E-state index contributed by atoms with van der Waals surface area (Å²) in [6, 6.07) is 7.38. The molecule has 2 aromatic rings. The van der Waals surface area contributed by atoms with Gasteiger partial charge in [-0.15, -0.1) is 0 Å². The number of benzene rings is 1. The Hall–Kier alpha value is -3.04. The number of halogens is 1. The van der Waals surface area contributed by atoms with Gasteiger partial charge in [0.1, 0.15) is 0 Å². The van der Waals surface area contributed by atoms with Crippen molar-refractivity contribution in [3.63, 3.8) is 0 Å². The summed E-state index contributed by atoms with van der Waals surface area (Å²) in [6.45, 7) is 4.28. The Labute approximate surface area is 175 Å². The van der Waals surface area contributed by atoms with Crippen molar-refractivity contribution in [3.8, 4) is 6.07 Å². The Morgan fingerprint density at radius 3 is 2.83 bits per heavy atom. The highest BCUT2D eigenvalue weighted by Crippen LogP contribution is 2.35. The van der Waals surface area contributed by atoms with E-state index in [-0.39, 0.29) is 11.8 Å². The van der Waals surface area contributed by atoms with Crippen LogP contribution in [0, 0.1) is 25.2 Å². The highest BCUT2D eigenvalue weighted by molar-refractivity contribution is 6.36. The first kappa shape index (κ1) is 20.7. The fraction of sp³-hybridized carbons (Fsp3) is 0.318. The summed E-state index contributed by atoms with van der Waals surface area (Å²) in [4.78, 5) is 28.2. The molecule has 7 heteroatoms. The molecule has 0 unspecified atom stereocenters. The van der Waals surface area contributed by atoms with Crippen LogP contribution in [0.25, 0.3) is 11.6 Å². The molecule has 0 radical (unpaired) electrons. The normalized spacial score (nSPS) is 13.9. The zero-order chi connectivity index (χ0) is 21.0. The van der Waals surface area contributed by atoms with E-state index in [1.54, 1.807) is 24.3 Å². The first-order valence-electron chi connectivity index (χ1n) is 9.59. The van der Waals surface area contributed by atoms with Crippen molar-refractivity contribution in [1.29, 1.82) is 5.26 Å². The molecule has 2 heterocycles. The molecule has 1 aromatic carbocycles. The molecular weight excluding hydrogens is 388 g/mol. The predicted molar refractivity (Wildman–Crippen MR) is 115 cm³/mol. The van der Waals surface area contributed by atoms with Crippen LogP contribution in [0.1, 0.15) is 58.6 Å². The average molecular weight is 411 g/mol. The number of hydrogen-bond donors (Lipinski definition) is 3. The summed E-state index contributed by atoms with van der Waals surface area (Å²) >= 11 is 6.09. The molecule has 0 bridgehead atoms. The highest BCUT2D eigenvalue weighted by Gasteiger charge is 2.25. The van der Waals surface area contributed by atoms with E-state index in [4.69, 9.17) is 16.9 Å². The lowest BCUT2D eigenvalue weighted by molar-refractivity contribution is -0.110. The molecule has 2 amide bonds. The number of fused-ring (bicyclic) bond motifs is 1. The first-order chi connectivity index (χ1) is 13.9. The van der Waals surface area contributed by atoms with Crippen molar-refractivity contribution < 1.29 is 9.59 Å². The standard InChI is InChI=1S/C22H23ClN4O2/c1-13-19(12-17-16-11-15(23)7-8-18(16)27-21(17)28)26-14(2)20(13)22(29)25-10-6-4-3-5-9-24/h7-8,11-12,26H,3-6,10H2,1-2H3,(H,25,29)(H,27,28)/b17-12-. The van der Waals surface area contributed by atoms with Crippen LogP contribution in [0.5, 0.6) is 0 Å². The van der Waals surface area contributed by atoms with Gasteiger partial charge < -0.3 is 15.6 Å². The van der Waals surface area contributed by atoms with Gasteiger partial charge in [0.2, 0.25) is 0 Å². The van der Waals surface area contributed by atoms with Crippen molar-refractivity contribution >= 4 is 40.8 Å². The number of aromatic nitrogens is 1. The second kappa shape index (κ2) is 8.97. The number of nitrogens with one attached hydrogen (secondary N) is 3. The number of unbranched alkanes of at least 4 members (excludes halogenated alkanes) is 3. The van der Waals surface area contributed by atoms with E-state index < -0.39 is 0 Å². The van der Waals surface area contributed by atoms with Crippen LogP contribution in [0.4, 0.5) is 5.69 Å². The van der Waals surface area contributed by atoms with E-state index in [2.05, 4.69) is 21.7 Å². The molecule has 150 valence electrons. The number of nitriles is 1. The number of hydrogen-bond acceptors (Lipinski definition) is 3. The van der Waals surface area contributed by atoms with E-state index in [0.29, 0.717) is 29.1 Å². The Bertz CT molecular complexity index is 1030. The number of carbonyl (C=O) groups is 2. The number of aromatic amines is 1. The minimum atomic E-state index is -0.197. The number of H-pyrrole nitrogens is 1. The van der Waals surface area contributed by atoms with E-state index >= 15 is 0 Å². The summed E-state index contributed by atoms with van der Waals surface area (Å²) in [7, 11) is 0. The van der Waals surface area contributed by atoms with E-state index in [0.717, 1.165) is 47.5 Å². The van der Waals surface area contributed by atoms with Gasteiger partial charge in [-0.3, -0.25) is 9.59 Å². The molecule has 1 aliphatic heterocycles. The van der Waals surface area contributed by atoms with Gasteiger partial charge in [0.05, 0.1) is 17.2 Å². The predicted octanol–water partition coefficient (Wildman–Crippen LogP) is 4.59. The van der Waals surface area contributed by atoms with Gasteiger partial charge in [0.15, 0.2) is 0 Å². The molecule has 1 aliphatic rings. The molecule has 3 N–H and O–H groups in total. The van der Waals surface area contributed by atoms with Gasteiger partial charge in [-0.05, 0) is 56.5 Å². The average Bonchev–Trinajstić information content (AvgIpc) is 3.14. The van der Waals surface area contributed by atoms with Gasteiger partial charge in [0.25, 0.3) is 11.8 Å². The van der Waals surface area contributed by atoms with Crippen LogP contribution in [0.3, 0.4) is 0 Å². The third-order valence-corrected chi connectivity index (χ3v) is 5.24. The van der Waals surface area contributed by atoms with Gasteiger partial charge in [-0.1, -0.05) is 18.0 Å². The summed E-state index contributed by atoms with van der Waals surface area (Å²) < 4.78 is 0. The van der Waals surface area contributed by atoms with Crippen LogP contribution in [0.2, 0.25) is 5.02 Å². The van der Waals surface area contributed by atoms with Crippen molar-refractivity contribution in [2.24, 2.45) is 0 Å². The van der Waals surface area contributed by atoms with Crippen LogP contribution >= 0.6 is 11.6 Å². The molecule has 0 aliphatic carbocycles. The second-order valence-electron chi connectivity index (χ2n) is 7.09. The first-order valence-corrected chi connectivity index (χ1v) is 9.97. The van der Waals surface area contributed by atoms with E-state index in [1.165, 1.54) is 0 Å². The van der Waals surface area contributed by atoms with Crippen LogP contribution in [-0.4, -0.2) is 23.3 Å². The Morgan fingerprint density at radius 1 is 1.28 bits per heavy atom. The molecule has 1 aromatic heterocycles. The monoisotopic (exact) mass is 410 g/mol. The van der Waals surface area contributed by atoms with Crippen LogP contribution in [0.15, 0.2) is 18.2 Å². The maximum Gasteiger partial charge on any atom is 0.256 e. The summed E-state index contributed by atoms with van der Waals surface area (Å²) in [5, 5.41) is 14.9. The third kappa shape index (κ3) is 4.52. The number of carbonyl (C=O) groups excluding carboxylic acids is 2. The van der Waals surface area contributed by atoms with Crippen molar-refractivity contribution in [1.82, 2.24) is 10.3 Å². The number of amides is 2. The second-order valence-corrected chi connectivity index (χ2v) is 7.53. The lowest BCUT2D eigenvalue weighted by atomic mass is 10.0. The zero-order valence-electron chi connectivity index (χ0n) is 16.5. The molecule has 29 heavy (non-hydrogen) atoms. The molecule has 0 spiro atoms. The van der Waals surface area contributed by atoms with Crippen LogP contribution < -0.4 is 10.6 Å². The van der Waals surface area contributed by atoms with Gasteiger partial charge in [-0.2, -0.15) is 5.26 Å². The summed E-state index contributed by atoms with van der Waals surface area (Å²) in [6.07, 6.45) is 4.90. The topological polar surface area (TPSA) is 97.8 Å².